The van der Waals surface area contributed by atoms with E-state index in [0.717, 1.165) is 69.6 Å². The van der Waals surface area contributed by atoms with Gasteiger partial charge in [0, 0.05) is 19.3 Å². The fourth-order valence-corrected chi connectivity index (χ4v) is 7.11. The van der Waals surface area contributed by atoms with E-state index >= 15 is 0 Å². The molecule has 0 unspecified atom stereocenters. The SMILES string of the molecule is CCCCCCCCCC(=O)O[C@H](COC(=O)CCCCCCCCCCCCCCCCCCC(C)C)COC(=O)CCCCCCCCCC(C)C. The molecule has 0 N–H and O–H groups in total. The van der Waals surface area contributed by atoms with E-state index in [1.165, 1.54) is 148 Å². The Labute approximate surface area is 336 Å². The van der Waals surface area contributed by atoms with E-state index in [-0.39, 0.29) is 31.1 Å². The Kier molecular flexibility index (Phi) is 39.8. The molecule has 0 aromatic heterocycles. The van der Waals surface area contributed by atoms with Crippen LogP contribution in [0.15, 0.2) is 0 Å². The van der Waals surface area contributed by atoms with Gasteiger partial charge < -0.3 is 14.2 Å². The van der Waals surface area contributed by atoms with E-state index < -0.39 is 6.10 Å². The lowest BCUT2D eigenvalue weighted by molar-refractivity contribution is -0.167. The molecule has 0 radical (unpaired) electrons. The highest BCUT2D eigenvalue weighted by atomic mass is 16.6. The summed E-state index contributed by atoms with van der Waals surface area (Å²) in [5, 5.41) is 0. The van der Waals surface area contributed by atoms with Crippen LogP contribution in [0.1, 0.15) is 259 Å². The summed E-state index contributed by atoms with van der Waals surface area (Å²) < 4.78 is 16.7. The van der Waals surface area contributed by atoms with Crippen LogP contribution in [0.4, 0.5) is 0 Å². The van der Waals surface area contributed by atoms with Gasteiger partial charge in [-0.05, 0) is 31.1 Å². The maximum Gasteiger partial charge on any atom is 0.306 e. The lowest BCUT2D eigenvalue weighted by Crippen LogP contribution is -2.30. The maximum absolute atomic E-state index is 12.6. The highest BCUT2D eigenvalue weighted by Crippen LogP contribution is 2.17. The van der Waals surface area contributed by atoms with Crippen LogP contribution in [0.2, 0.25) is 0 Å². The molecule has 6 heteroatoms. The lowest BCUT2D eigenvalue weighted by atomic mass is 10.0. The Hall–Kier alpha value is -1.59. The topological polar surface area (TPSA) is 78.9 Å². The van der Waals surface area contributed by atoms with Gasteiger partial charge in [0.1, 0.15) is 13.2 Å². The standard InChI is InChI=1S/C48H92O6/c1-6-7-8-9-21-30-35-40-48(51)54-45(42-53-47(50)39-34-29-25-20-23-27-32-37-44(4)5)41-52-46(49)38-33-28-24-19-17-15-13-11-10-12-14-16-18-22-26-31-36-43(2)3/h43-45H,6-42H2,1-5H3/t45-/m1/s1. The molecule has 54 heavy (non-hydrogen) atoms. The summed E-state index contributed by atoms with van der Waals surface area (Å²) in [4.78, 5) is 37.6. The van der Waals surface area contributed by atoms with E-state index in [1.807, 2.05) is 0 Å². The molecule has 0 bridgehead atoms. The highest BCUT2D eigenvalue weighted by molar-refractivity contribution is 5.71. The predicted molar refractivity (Wildman–Crippen MR) is 229 cm³/mol. The van der Waals surface area contributed by atoms with Crippen molar-refractivity contribution in [3.8, 4) is 0 Å². The molecular weight excluding hydrogens is 673 g/mol. The second kappa shape index (κ2) is 41.1. The van der Waals surface area contributed by atoms with Crippen molar-refractivity contribution in [2.24, 2.45) is 11.8 Å². The van der Waals surface area contributed by atoms with Gasteiger partial charge in [-0.3, -0.25) is 14.4 Å². The van der Waals surface area contributed by atoms with Crippen molar-refractivity contribution in [3.63, 3.8) is 0 Å². The Morgan fingerprint density at radius 1 is 0.352 bits per heavy atom. The van der Waals surface area contributed by atoms with Crippen LogP contribution in [0.25, 0.3) is 0 Å². The first kappa shape index (κ1) is 52.4. The fraction of sp³-hybridized carbons (Fsp3) is 0.938. The van der Waals surface area contributed by atoms with Gasteiger partial charge in [0.2, 0.25) is 0 Å². The first-order valence-corrected chi connectivity index (χ1v) is 23.7. The molecule has 0 aliphatic rings. The van der Waals surface area contributed by atoms with Gasteiger partial charge >= 0.3 is 17.9 Å². The third-order valence-electron chi connectivity index (χ3n) is 10.7. The first-order chi connectivity index (χ1) is 26.2. The number of ether oxygens (including phenoxy) is 3. The fourth-order valence-electron chi connectivity index (χ4n) is 7.11. The normalized spacial score (nSPS) is 12.1. The molecule has 0 amide bonds. The first-order valence-electron chi connectivity index (χ1n) is 23.7. The molecule has 0 aromatic carbocycles. The number of carbonyl (C=O) groups is 3. The van der Waals surface area contributed by atoms with Crippen LogP contribution in [-0.4, -0.2) is 37.2 Å². The van der Waals surface area contributed by atoms with E-state index in [0.29, 0.717) is 19.3 Å². The molecule has 0 spiro atoms. The van der Waals surface area contributed by atoms with Crippen molar-refractivity contribution in [2.45, 2.75) is 265 Å². The van der Waals surface area contributed by atoms with Crippen LogP contribution in [-0.2, 0) is 28.6 Å². The molecule has 320 valence electrons. The molecule has 0 fully saturated rings. The average molecular weight is 765 g/mol. The quantitative estimate of drug-likeness (QED) is 0.0350. The molecule has 0 heterocycles. The van der Waals surface area contributed by atoms with Gasteiger partial charge in [-0.2, -0.15) is 0 Å². The molecule has 0 saturated heterocycles. The molecule has 0 aliphatic heterocycles. The molecule has 0 rings (SSSR count). The summed E-state index contributed by atoms with van der Waals surface area (Å²) in [6.45, 7) is 11.3. The van der Waals surface area contributed by atoms with Crippen LogP contribution >= 0.6 is 0 Å². The lowest BCUT2D eigenvalue weighted by Gasteiger charge is -2.18. The summed E-state index contributed by atoms with van der Waals surface area (Å²) in [6, 6.07) is 0. The molecular formula is C48H92O6. The van der Waals surface area contributed by atoms with Gasteiger partial charge in [-0.25, -0.2) is 0 Å². The minimum Gasteiger partial charge on any atom is -0.462 e. The molecule has 0 aliphatic carbocycles. The van der Waals surface area contributed by atoms with Gasteiger partial charge in [0.25, 0.3) is 0 Å². The smallest absolute Gasteiger partial charge is 0.306 e. The Bertz CT molecular complexity index is 824. The van der Waals surface area contributed by atoms with E-state index in [4.69, 9.17) is 14.2 Å². The average Bonchev–Trinajstić information content (AvgIpc) is 3.14. The number of rotatable bonds is 42. The van der Waals surface area contributed by atoms with Crippen molar-refractivity contribution < 1.29 is 28.6 Å². The summed E-state index contributed by atoms with van der Waals surface area (Å²) in [7, 11) is 0. The number of hydrogen-bond acceptors (Lipinski definition) is 6. The van der Waals surface area contributed by atoms with E-state index in [2.05, 4.69) is 34.6 Å². The minimum atomic E-state index is -0.759. The molecule has 0 aromatic rings. The van der Waals surface area contributed by atoms with Crippen molar-refractivity contribution >= 4 is 17.9 Å². The summed E-state index contributed by atoms with van der Waals surface area (Å²) >= 11 is 0. The molecule has 0 saturated carbocycles. The maximum atomic E-state index is 12.6. The number of hydrogen-bond donors (Lipinski definition) is 0. The van der Waals surface area contributed by atoms with E-state index in [1.54, 1.807) is 0 Å². The zero-order chi connectivity index (χ0) is 39.7. The van der Waals surface area contributed by atoms with Gasteiger partial charge in [0.15, 0.2) is 6.10 Å². The van der Waals surface area contributed by atoms with Crippen molar-refractivity contribution in [3.05, 3.63) is 0 Å². The van der Waals surface area contributed by atoms with Crippen LogP contribution in [0.3, 0.4) is 0 Å². The summed E-state index contributed by atoms with van der Waals surface area (Å²) in [6.07, 6.45) is 39.7. The summed E-state index contributed by atoms with van der Waals surface area (Å²) in [5.74, 6) is 0.771. The Balaban J connectivity index is 4.14. The predicted octanol–water partition coefficient (Wildman–Crippen LogP) is 15.0. The monoisotopic (exact) mass is 765 g/mol. The van der Waals surface area contributed by atoms with Crippen LogP contribution < -0.4 is 0 Å². The summed E-state index contributed by atoms with van der Waals surface area (Å²) in [5.41, 5.74) is 0. The van der Waals surface area contributed by atoms with Crippen molar-refractivity contribution in [1.82, 2.24) is 0 Å². The van der Waals surface area contributed by atoms with Gasteiger partial charge in [0.05, 0.1) is 0 Å². The largest absolute Gasteiger partial charge is 0.462 e. The van der Waals surface area contributed by atoms with Gasteiger partial charge in [-0.1, -0.05) is 221 Å². The Morgan fingerprint density at radius 3 is 0.907 bits per heavy atom. The Morgan fingerprint density at radius 2 is 0.611 bits per heavy atom. The third kappa shape index (κ3) is 41.6. The van der Waals surface area contributed by atoms with E-state index in [9.17, 15) is 14.4 Å². The van der Waals surface area contributed by atoms with Gasteiger partial charge in [-0.15, -0.1) is 0 Å². The van der Waals surface area contributed by atoms with Crippen molar-refractivity contribution in [2.75, 3.05) is 13.2 Å². The second-order valence-corrected chi connectivity index (χ2v) is 17.3. The minimum absolute atomic E-state index is 0.0654. The van der Waals surface area contributed by atoms with Crippen molar-refractivity contribution in [1.29, 1.82) is 0 Å². The zero-order valence-electron chi connectivity index (χ0n) is 36.8. The molecule has 1 atom stereocenters. The zero-order valence-corrected chi connectivity index (χ0v) is 36.8. The number of carbonyl (C=O) groups excluding carboxylic acids is 3. The van der Waals surface area contributed by atoms with Crippen LogP contribution in [0.5, 0.6) is 0 Å². The number of unbranched alkanes of at least 4 members (excludes halogenated alkanes) is 27. The van der Waals surface area contributed by atoms with Crippen LogP contribution in [0, 0.1) is 11.8 Å². The highest BCUT2D eigenvalue weighted by Gasteiger charge is 2.19. The molecule has 6 nitrogen and oxygen atoms in total. The third-order valence-corrected chi connectivity index (χ3v) is 10.7. The number of esters is 3. The second-order valence-electron chi connectivity index (χ2n) is 17.3.